The van der Waals surface area contributed by atoms with Crippen LogP contribution in [0.2, 0.25) is 0 Å². The van der Waals surface area contributed by atoms with Crippen LogP contribution in [-0.2, 0) is 4.79 Å². The zero-order chi connectivity index (χ0) is 11.5. The molecule has 0 aromatic heterocycles. The maximum absolute atomic E-state index is 11.7. The van der Waals surface area contributed by atoms with Crippen LogP contribution in [0.5, 0.6) is 0 Å². The molecule has 1 N–H and O–H groups in total. The molecule has 0 spiro atoms. The molecule has 0 aromatic rings. The molecular weight excluding hydrogens is 254 g/mol. The molecule has 0 bridgehead atoms. The number of carbonyl (C=O) groups excluding carboxylic acids is 1. The van der Waals surface area contributed by atoms with Crippen LogP contribution in [0.4, 0.5) is 0 Å². The van der Waals surface area contributed by atoms with E-state index in [9.17, 15) is 4.79 Å². The lowest BCUT2D eigenvalue weighted by Crippen LogP contribution is -2.53. The van der Waals surface area contributed by atoms with E-state index in [-0.39, 0.29) is 17.4 Å². The molecule has 2 nitrogen and oxygen atoms in total. The lowest BCUT2D eigenvalue weighted by atomic mass is 9.77. The predicted octanol–water partition coefficient (Wildman–Crippen LogP) is 3.10. The standard InChI is InChI=1S/C12H22BrNO/c1-9(2)11(15)14-12(8-13)6-4-5-10(3)7-12/h9-10H,4-8H2,1-3H3,(H,14,15). The normalized spacial score (nSPS) is 31.7. The first-order valence-corrected chi connectivity index (χ1v) is 6.99. The van der Waals surface area contributed by atoms with E-state index in [0.717, 1.165) is 24.1 Å². The number of alkyl halides is 1. The molecule has 0 radical (unpaired) electrons. The smallest absolute Gasteiger partial charge is 0.223 e. The van der Waals surface area contributed by atoms with E-state index in [1.165, 1.54) is 12.8 Å². The lowest BCUT2D eigenvalue weighted by Gasteiger charge is -2.40. The monoisotopic (exact) mass is 275 g/mol. The van der Waals surface area contributed by atoms with Crippen LogP contribution in [0.1, 0.15) is 46.5 Å². The van der Waals surface area contributed by atoms with Gasteiger partial charge in [0, 0.05) is 16.8 Å². The van der Waals surface area contributed by atoms with E-state index >= 15 is 0 Å². The molecule has 1 rings (SSSR count). The molecule has 0 saturated heterocycles. The van der Waals surface area contributed by atoms with E-state index in [1.807, 2.05) is 13.8 Å². The van der Waals surface area contributed by atoms with Gasteiger partial charge in [-0.25, -0.2) is 0 Å². The average Bonchev–Trinajstić information content (AvgIpc) is 2.17. The summed E-state index contributed by atoms with van der Waals surface area (Å²) in [6, 6.07) is 0. The zero-order valence-electron chi connectivity index (χ0n) is 9.98. The average molecular weight is 276 g/mol. The Hall–Kier alpha value is -0.0500. The highest BCUT2D eigenvalue weighted by Gasteiger charge is 2.35. The Bertz CT molecular complexity index is 230. The van der Waals surface area contributed by atoms with Gasteiger partial charge in [-0.15, -0.1) is 0 Å². The Kier molecular flexibility index (Phi) is 4.63. The van der Waals surface area contributed by atoms with Crippen molar-refractivity contribution in [3.63, 3.8) is 0 Å². The van der Waals surface area contributed by atoms with Gasteiger partial charge in [0.2, 0.25) is 5.91 Å². The Morgan fingerprint density at radius 2 is 2.27 bits per heavy atom. The predicted molar refractivity (Wildman–Crippen MR) is 67.1 cm³/mol. The van der Waals surface area contributed by atoms with Crippen molar-refractivity contribution >= 4 is 21.8 Å². The fourth-order valence-electron chi connectivity index (χ4n) is 2.33. The van der Waals surface area contributed by atoms with Crippen LogP contribution in [0, 0.1) is 11.8 Å². The molecule has 15 heavy (non-hydrogen) atoms. The van der Waals surface area contributed by atoms with Crippen molar-refractivity contribution in [2.75, 3.05) is 5.33 Å². The van der Waals surface area contributed by atoms with Crippen LogP contribution < -0.4 is 5.32 Å². The fourth-order valence-corrected chi connectivity index (χ4v) is 2.98. The summed E-state index contributed by atoms with van der Waals surface area (Å²) in [6.07, 6.45) is 4.75. The van der Waals surface area contributed by atoms with Gasteiger partial charge >= 0.3 is 0 Å². The third-order valence-corrected chi connectivity index (χ3v) is 4.33. The zero-order valence-corrected chi connectivity index (χ0v) is 11.6. The number of nitrogens with one attached hydrogen (secondary N) is 1. The summed E-state index contributed by atoms with van der Waals surface area (Å²) < 4.78 is 0. The molecule has 1 fully saturated rings. The summed E-state index contributed by atoms with van der Waals surface area (Å²) in [5, 5.41) is 4.10. The first-order chi connectivity index (χ1) is 6.99. The molecule has 0 heterocycles. The molecule has 1 amide bonds. The molecule has 0 aliphatic heterocycles. The molecule has 0 aromatic carbocycles. The highest BCUT2D eigenvalue weighted by atomic mass is 79.9. The first-order valence-electron chi connectivity index (χ1n) is 5.87. The van der Waals surface area contributed by atoms with Gasteiger partial charge in [0.05, 0.1) is 0 Å². The molecule has 2 unspecified atom stereocenters. The number of carbonyl (C=O) groups is 1. The second-order valence-corrected chi connectivity index (χ2v) is 5.82. The number of halogens is 1. The third-order valence-electron chi connectivity index (χ3n) is 3.26. The molecule has 1 saturated carbocycles. The molecule has 2 atom stereocenters. The fraction of sp³-hybridized carbons (Fsp3) is 0.917. The van der Waals surface area contributed by atoms with Crippen molar-refractivity contribution in [3.05, 3.63) is 0 Å². The highest BCUT2D eigenvalue weighted by molar-refractivity contribution is 9.09. The van der Waals surface area contributed by atoms with Crippen molar-refractivity contribution < 1.29 is 4.79 Å². The number of hydrogen-bond donors (Lipinski definition) is 1. The number of rotatable bonds is 3. The van der Waals surface area contributed by atoms with Crippen LogP contribution >= 0.6 is 15.9 Å². The van der Waals surface area contributed by atoms with Gasteiger partial charge < -0.3 is 5.32 Å². The second-order valence-electron chi connectivity index (χ2n) is 5.26. The van der Waals surface area contributed by atoms with Gasteiger partial charge in [-0.3, -0.25) is 4.79 Å². The van der Waals surface area contributed by atoms with E-state index in [1.54, 1.807) is 0 Å². The largest absolute Gasteiger partial charge is 0.350 e. The Labute approximate surface area is 101 Å². The van der Waals surface area contributed by atoms with Crippen LogP contribution in [0.25, 0.3) is 0 Å². The van der Waals surface area contributed by atoms with E-state index in [4.69, 9.17) is 0 Å². The SMILES string of the molecule is CC1CCCC(CBr)(NC(=O)C(C)C)C1. The third kappa shape index (κ3) is 3.47. The molecule has 3 heteroatoms. The molecule has 1 aliphatic rings. The van der Waals surface area contributed by atoms with Gasteiger partial charge in [-0.2, -0.15) is 0 Å². The Balaban J connectivity index is 2.63. The maximum Gasteiger partial charge on any atom is 0.223 e. The van der Waals surface area contributed by atoms with E-state index in [0.29, 0.717) is 0 Å². The van der Waals surface area contributed by atoms with E-state index in [2.05, 4.69) is 28.2 Å². The minimum Gasteiger partial charge on any atom is -0.350 e. The minimum absolute atomic E-state index is 0.0129. The van der Waals surface area contributed by atoms with Crippen LogP contribution in [0.15, 0.2) is 0 Å². The van der Waals surface area contributed by atoms with Gasteiger partial charge in [-0.05, 0) is 18.8 Å². The van der Waals surface area contributed by atoms with Crippen LogP contribution in [0.3, 0.4) is 0 Å². The summed E-state index contributed by atoms with van der Waals surface area (Å²) in [5.74, 6) is 0.991. The lowest BCUT2D eigenvalue weighted by molar-refractivity contribution is -0.126. The van der Waals surface area contributed by atoms with Gasteiger partial charge in [0.1, 0.15) is 0 Å². The van der Waals surface area contributed by atoms with Gasteiger partial charge in [0.25, 0.3) is 0 Å². The summed E-state index contributed by atoms with van der Waals surface area (Å²) in [6.45, 7) is 6.17. The van der Waals surface area contributed by atoms with Crippen molar-refractivity contribution in [2.24, 2.45) is 11.8 Å². The van der Waals surface area contributed by atoms with Crippen molar-refractivity contribution in [1.29, 1.82) is 0 Å². The Morgan fingerprint density at radius 1 is 1.60 bits per heavy atom. The van der Waals surface area contributed by atoms with Crippen molar-refractivity contribution in [3.8, 4) is 0 Å². The maximum atomic E-state index is 11.7. The summed E-state index contributed by atoms with van der Waals surface area (Å²) in [7, 11) is 0. The van der Waals surface area contributed by atoms with Crippen molar-refractivity contribution in [2.45, 2.75) is 52.0 Å². The van der Waals surface area contributed by atoms with Crippen molar-refractivity contribution in [1.82, 2.24) is 5.32 Å². The quantitative estimate of drug-likeness (QED) is 0.788. The van der Waals surface area contributed by atoms with Gasteiger partial charge in [0.15, 0.2) is 0 Å². The topological polar surface area (TPSA) is 29.1 Å². The molecule has 1 aliphatic carbocycles. The number of hydrogen-bond acceptors (Lipinski definition) is 1. The number of amides is 1. The first kappa shape index (κ1) is 13.0. The summed E-state index contributed by atoms with van der Waals surface area (Å²) in [5.41, 5.74) is 0.0129. The molecule has 88 valence electrons. The van der Waals surface area contributed by atoms with E-state index < -0.39 is 0 Å². The minimum atomic E-state index is 0.0129. The van der Waals surface area contributed by atoms with Crippen LogP contribution in [-0.4, -0.2) is 16.8 Å². The summed E-state index contributed by atoms with van der Waals surface area (Å²) in [4.78, 5) is 11.7. The molecular formula is C12H22BrNO. The Morgan fingerprint density at radius 3 is 2.73 bits per heavy atom. The second kappa shape index (κ2) is 5.33. The van der Waals surface area contributed by atoms with Gasteiger partial charge in [-0.1, -0.05) is 49.5 Å². The highest BCUT2D eigenvalue weighted by Crippen LogP contribution is 2.33. The summed E-state index contributed by atoms with van der Waals surface area (Å²) >= 11 is 3.56.